The lowest BCUT2D eigenvalue weighted by Gasteiger charge is -2.26. The van der Waals surface area contributed by atoms with E-state index in [0.717, 1.165) is 35.4 Å². The fourth-order valence-corrected chi connectivity index (χ4v) is 4.71. The maximum Gasteiger partial charge on any atom is 0.254 e. The predicted molar refractivity (Wildman–Crippen MR) is 125 cm³/mol. The number of benzene rings is 2. The van der Waals surface area contributed by atoms with Crippen LogP contribution in [0.15, 0.2) is 42.5 Å². The summed E-state index contributed by atoms with van der Waals surface area (Å²) in [7, 11) is 1.63. The van der Waals surface area contributed by atoms with Crippen molar-refractivity contribution in [2.75, 3.05) is 13.7 Å². The second-order valence-electron chi connectivity index (χ2n) is 8.78. The summed E-state index contributed by atoms with van der Waals surface area (Å²) >= 11 is 6.32. The third-order valence-electron chi connectivity index (χ3n) is 5.96. The molecule has 1 aliphatic carbocycles. The summed E-state index contributed by atoms with van der Waals surface area (Å²) in [6.45, 7) is 5.41. The largest absolute Gasteiger partial charge is 0.497 e. The predicted octanol–water partition coefficient (Wildman–Crippen LogP) is 6.11. The Morgan fingerprint density at radius 1 is 1.19 bits per heavy atom. The third kappa shape index (κ3) is 4.72. The van der Waals surface area contributed by atoms with Crippen LogP contribution in [0.3, 0.4) is 0 Å². The van der Waals surface area contributed by atoms with E-state index in [9.17, 15) is 4.79 Å². The third-order valence-corrected chi connectivity index (χ3v) is 6.19. The van der Waals surface area contributed by atoms with Crippen LogP contribution in [0.1, 0.15) is 61.8 Å². The van der Waals surface area contributed by atoms with Crippen molar-refractivity contribution < 1.29 is 9.53 Å². The number of fused-ring (bicyclic) bond motifs is 1. The highest BCUT2D eigenvalue weighted by molar-refractivity contribution is 6.31. The molecule has 1 heterocycles. The second kappa shape index (κ2) is 9.31. The fourth-order valence-electron chi connectivity index (χ4n) is 4.54. The van der Waals surface area contributed by atoms with Gasteiger partial charge in [0.2, 0.25) is 0 Å². The summed E-state index contributed by atoms with van der Waals surface area (Å²) in [5, 5.41) is 0.714. The Morgan fingerprint density at radius 2 is 1.90 bits per heavy atom. The Bertz CT molecular complexity index is 1050. The van der Waals surface area contributed by atoms with Gasteiger partial charge in [-0.05, 0) is 61.2 Å². The highest BCUT2D eigenvalue weighted by atomic mass is 35.5. The van der Waals surface area contributed by atoms with Gasteiger partial charge in [0.15, 0.2) is 0 Å². The van der Waals surface area contributed by atoms with Crippen LogP contribution >= 0.6 is 11.6 Å². The molecule has 0 bridgehead atoms. The van der Waals surface area contributed by atoms with E-state index in [1.807, 2.05) is 47.4 Å². The van der Waals surface area contributed by atoms with Gasteiger partial charge in [-0.25, -0.2) is 4.98 Å². The zero-order valence-corrected chi connectivity index (χ0v) is 19.2. The van der Waals surface area contributed by atoms with E-state index in [1.165, 1.54) is 12.8 Å². The first-order valence-corrected chi connectivity index (χ1v) is 11.4. The molecule has 6 heteroatoms. The van der Waals surface area contributed by atoms with Gasteiger partial charge in [-0.15, -0.1) is 0 Å². The van der Waals surface area contributed by atoms with Crippen molar-refractivity contribution >= 4 is 28.5 Å². The van der Waals surface area contributed by atoms with Crippen molar-refractivity contribution in [3.8, 4) is 5.75 Å². The van der Waals surface area contributed by atoms with E-state index in [4.69, 9.17) is 21.3 Å². The average Bonchev–Trinajstić information content (AvgIpc) is 3.39. The zero-order chi connectivity index (χ0) is 22.0. The summed E-state index contributed by atoms with van der Waals surface area (Å²) in [6.07, 6.45) is 4.73. The highest BCUT2D eigenvalue weighted by Gasteiger charge is 2.26. The lowest BCUT2D eigenvalue weighted by Crippen LogP contribution is -2.35. The smallest absolute Gasteiger partial charge is 0.254 e. The number of methoxy groups -OCH3 is 1. The Labute approximate surface area is 189 Å². The normalized spacial score (nSPS) is 14.5. The summed E-state index contributed by atoms with van der Waals surface area (Å²) in [4.78, 5) is 20.3. The number of halogens is 1. The van der Waals surface area contributed by atoms with Crippen molar-refractivity contribution in [1.82, 2.24) is 14.5 Å². The van der Waals surface area contributed by atoms with Gasteiger partial charge >= 0.3 is 0 Å². The first-order valence-electron chi connectivity index (χ1n) is 11.1. The molecule has 0 N–H and O–H groups in total. The number of imidazole rings is 1. The molecule has 1 amide bonds. The average molecular weight is 440 g/mol. The number of carbonyl (C=O) groups is 1. The maximum absolute atomic E-state index is 13.4. The molecule has 1 aliphatic rings. The minimum absolute atomic E-state index is 0.0133. The molecule has 0 radical (unpaired) electrons. The summed E-state index contributed by atoms with van der Waals surface area (Å²) in [5.74, 6) is 2.04. The van der Waals surface area contributed by atoms with E-state index < -0.39 is 0 Å². The minimum Gasteiger partial charge on any atom is -0.497 e. The van der Waals surface area contributed by atoms with Crippen molar-refractivity contribution in [2.24, 2.45) is 5.92 Å². The molecule has 1 fully saturated rings. The molecule has 5 nitrogen and oxygen atoms in total. The Kier molecular flexibility index (Phi) is 6.51. The number of aromatic nitrogens is 2. The number of hydrogen-bond acceptors (Lipinski definition) is 3. The van der Waals surface area contributed by atoms with E-state index in [2.05, 4.69) is 18.4 Å². The Hall–Kier alpha value is -2.53. The molecule has 31 heavy (non-hydrogen) atoms. The SMILES string of the molecule is COc1ccc(C(=O)N(Cc2nc3ccc(Cl)cc3n2C2CCCC2)CC(C)C)cc1. The van der Waals surface area contributed by atoms with Crippen LogP contribution in [0, 0.1) is 5.92 Å². The monoisotopic (exact) mass is 439 g/mol. The van der Waals surface area contributed by atoms with Gasteiger partial charge in [0, 0.05) is 23.2 Å². The minimum atomic E-state index is 0.0133. The first kappa shape index (κ1) is 21.7. The fraction of sp³-hybridized carbons (Fsp3) is 0.440. The molecule has 1 aromatic heterocycles. The number of hydrogen-bond donors (Lipinski definition) is 0. The summed E-state index contributed by atoms with van der Waals surface area (Å²) < 4.78 is 7.57. The molecular weight excluding hydrogens is 410 g/mol. The molecule has 1 saturated carbocycles. The van der Waals surface area contributed by atoms with Gasteiger partial charge in [-0.1, -0.05) is 38.3 Å². The molecule has 0 aliphatic heterocycles. The Balaban J connectivity index is 1.70. The van der Waals surface area contributed by atoms with E-state index in [1.54, 1.807) is 7.11 Å². The quantitative estimate of drug-likeness (QED) is 0.446. The number of ether oxygens (including phenoxy) is 1. The highest BCUT2D eigenvalue weighted by Crippen LogP contribution is 2.35. The van der Waals surface area contributed by atoms with Gasteiger partial charge in [0.25, 0.3) is 5.91 Å². The van der Waals surface area contributed by atoms with Crippen LogP contribution in [-0.2, 0) is 6.54 Å². The van der Waals surface area contributed by atoms with Gasteiger partial charge in [0.1, 0.15) is 11.6 Å². The summed E-state index contributed by atoms with van der Waals surface area (Å²) in [5.41, 5.74) is 2.66. The van der Waals surface area contributed by atoms with Crippen LogP contribution in [0.4, 0.5) is 0 Å². The molecule has 0 spiro atoms. The topological polar surface area (TPSA) is 47.4 Å². The van der Waals surface area contributed by atoms with Crippen molar-refractivity contribution in [3.05, 3.63) is 58.9 Å². The van der Waals surface area contributed by atoms with Crippen LogP contribution in [-0.4, -0.2) is 34.0 Å². The van der Waals surface area contributed by atoms with E-state index in [0.29, 0.717) is 35.6 Å². The van der Waals surface area contributed by atoms with Crippen LogP contribution < -0.4 is 4.74 Å². The molecule has 0 saturated heterocycles. The van der Waals surface area contributed by atoms with Crippen molar-refractivity contribution in [3.63, 3.8) is 0 Å². The van der Waals surface area contributed by atoms with E-state index >= 15 is 0 Å². The van der Waals surface area contributed by atoms with Crippen LogP contribution in [0.5, 0.6) is 5.75 Å². The lowest BCUT2D eigenvalue weighted by atomic mass is 10.1. The molecule has 2 aromatic carbocycles. The molecule has 0 atom stereocenters. The van der Waals surface area contributed by atoms with Crippen LogP contribution in [0.2, 0.25) is 5.02 Å². The first-order chi connectivity index (χ1) is 15.0. The second-order valence-corrected chi connectivity index (χ2v) is 9.21. The number of rotatable bonds is 7. The molecule has 3 aromatic rings. The Morgan fingerprint density at radius 3 is 2.55 bits per heavy atom. The lowest BCUT2D eigenvalue weighted by molar-refractivity contribution is 0.0715. The van der Waals surface area contributed by atoms with Crippen molar-refractivity contribution in [1.29, 1.82) is 0 Å². The van der Waals surface area contributed by atoms with Gasteiger partial charge in [-0.3, -0.25) is 4.79 Å². The van der Waals surface area contributed by atoms with Gasteiger partial charge in [-0.2, -0.15) is 0 Å². The molecule has 0 unspecified atom stereocenters. The standard InChI is InChI=1S/C25H30ClN3O2/c1-17(2)15-28(25(30)18-8-11-21(31-3)12-9-18)16-24-27-22-13-10-19(26)14-23(22)29(24)20-6-4-5-7-20/h8-14,17,20H,4-7,15-16H2,1-3H3. The van der Waals surface area contributed by atoms with Crippen LogP contribution in [0.25, 0.3) is 11.0 Å². The molecule has 4 rings (SSSR count). The molecule has 164 valence electrons. The zero-order valence-electron chi connectivity index (χ0n) is 18.5. The maximum atomic E-state index is 13.4. The number of amides is 1. The van der Waals surface area contributed by atoms with Crippen molar-refractivity contribution in [2.45, 2.75) is 52.1 Å². The number of nitrogens with zero attached hydrogens (tertiary/aromatic N) is 3. The summed E-state index contributed by atoms with van der Waals surface area (Å²) in [6, 6.07) is 13.6. The van der Waals surface area contributed by atoms with Gasteiger partial charge in [0.05, 0.1) is 24.7 Å². The number of carbonyl (C=O) groups excluding carboxylic acids is 1. The van der Waals surface area contributed by atoms with E-state index in [-0.39, 0.29) is 5.91 Å². The molecular formula is C25H30ClN3O2. The van der Waals surface area contributed by atoms with Gasteiger partial charge < -0.3 is 14.2 Å².